The average Bonchev–Trinajstić information content (AvgIpc) is 3.05. The first-order chi connectivity index (χ1) is 18.3. The Labute approximate surface area is 244 Å². The highest BCUT2D eigenvalue weighted by Gasteiger charge is 2.56. The Bertz CT molecular complexity index is 1240. The summed E-state index contributed by atoms with van der Waals surface area (Å²) in [5, 5.41) is 13.0. The van der Waals surface area contributed by atoms with Crippen molar-refractivity contribution in [2.45, 2.75) is 76.5 Å². The van der Waals surface area contributed by atoms with Crippen LogP contribution in [0.3, 0.4) is 0 Å². The van der Waals surface area contributed by atoms with E-state index in [1.54, 1.807) is 39.6 Å². The Hall–Kier alpha value is -1.29. The van der Waals surface area contributed by atoms with Crippen LogP contribution < -0.4 is 16.3 Å². The van der Waals surface area contributed by atoms with E-state index in [4.69, 9.17) is 41.7 Å². The fraction of sp³-hybridized carbons (Fsp3) is 0.727. The summed E-state index contributed by atoms with van der Waals surface area (Å²) in [4.78, 5) is 49.7. The largest absolute Gasteiger partial charge is 0.462 e. The quantitative estimate of drug-likeness (QED) is 0.130. The summed E-state index contributed by atoms with van der Waals surface area (Å²) in [6.07, 6.45) is -4.84. The Morgan fingerprint density at radius 1 is 1.30 bits per heavy atom. The smallest absolute Gasteiger partial charge is 0.406 e. The number of aromatic nitrogens is 2. The van der Waals surface area contributed by atoms with Gasteiger partial charge in [0, 0.05) is 11.2 Å². The normalized spacial score (nSPS) is 23.1. The predicted octanol–water partition coefficient (Wildman–Crippen LogP) is 2.48. The number of nitrogens with zero attached hydrogens (tertiary/aromatic N) is 1. The molecule has 0 bridgehead atoms. The van der Waals surface area contributed by atoms with E-state index in [9.17, 15) is 33.2 Å². The summed E-state index contributed by atoms with van der Waals surface area (Å²) >= 11 is 13.4. The second-order valence-corrected chi connectivity index (χ2v) is 14.4. The molecular formula is C22H33Cl2FN3O10PS. The monoisotopic (exact) mass is 651 g/mol. The molecule has 1 aromatic heterocycles. The van der Waals surface area contributed by atoms with Gasteiger partial charge in [0.25, 0.3) is 5.56 Å². The second-order valence-electron chi connectivity index (χ2n) is 10.1. The minimum Gasteiger partial charge on any atom is -0.462 e. The van der Waals surface area contributed by atoms with Crippen molar-refractivity contribution in [3.8, 4) is 0 Å². The zero-order valence-electron chi connectivity index (χ0n) is 22.6. The van der Waals surface area contributed by atoms with Crippen LogP contribution >= 0.6 is 42.7 Å². The first-order valence-electron chi connectivity index (χ1n) is 12.1. The molecule has 0 aliphatic carbocycles. The zero-order valence-corrected chi connectivity index (χ0v) is 25.9. The molecule has 0 spiro atoms. The number of aliphatic hydroxyl groups is 1. The van der Waals surface area contributed by atoms with Crippen molar-refractivity contribution in [2.24, 2.45) is 5.41 Å². The molecule has 228 valence electrons. The average molecular weight is 652 g/mol. The molecule has 5 atom stereocenters. The third-order valence-electron chi connectivity index (χ3n) is 5.21. The lowest BCUT2D eigenvalue weighted by Gasteiger charge is -2.25. The van der Waals surface area contributed by atoms with E-state index in [0.29, 0.717) is 10.8 Å². The molecule has 1 fully saturated rings. The number of thioether (sulfide) groups is 1. The van der Waals surface area contributed by atoms with Crippen LogP contribution in [0, 0.1) is 11.2 Å². The molecule has 3 N–H and O–H groups in total. The lowest BCUT2D eigenvalue weighted by molar-refractivity contribution is -0.149. The minimum absolute atomic E-state index is 0.105. The molecule has 18 heteroatoms. The number of hydrogen-bond donors (Lipinski definition) is 3. The number of carbonyl (C=O) groups excluding carboxylic acids is 2. The fourth-order valence-corrected chi connectivity index (χ4v) is 6.14. The Kier molecular flexibility index (Phi) is 12.0. The van der Waals surface area contributed by atoms with Crippen molar-refractivity contribution in [1.82, 2.24) is 14.6 Å². The van der Waals surface area contributed by atoms with E-state index < -0.39 is 77.7 Å². The van der Waals surface area contributed by atoms with Gasteiger partial charge in [-0.1, -0.05) is 55.7 Å². The Balaban J connectivity index is 2.19. The molecule has 1 saturated heterocycles. The van der Waals surface area contributed by atoms with Gasteiger partial charge < -0.3 is 14.6 Å². The van der Waals surface area contributed by atoms with Crippen molar-refractivity contribution >= 4 is 53.8 Å². The lowest BCUT2D eigenvalue weighted by Crippen LogP contribution is -2.42. The number of ether oxygens (including phenoxy) is 2. The predicted molar refractivity (Wildman–Crippen MR) is 146 cm³/mol. The van der Waals surface area contributed by atoms with Gasteiger partial charge in [0.15, 0.2) is 15.7 Å². The van der Waals surface area contributed by atoms with E-state index in [2.05, 4.69) is 5.09 Å². The van der Waals surface area contributed by atoms with Crippen LogP contribution in [0.25, 0.3) is 0 Å². The van der Waals surface area contributed by atoms with Crippen molar-refractivity contribution in [2.75, 3.05) is 19.0 Å². The summed E-state index contributed by atoms with van der Waals surface area (Å²) in [6, 6.07) is -1.16. The van der Waals surface area contributed by atoms with Crippen LogP contribution in [0.4, 0.5) is 4.39 Å². The molecule has 0 saturated carbocycles. The highest BCUT2D eigenvalue weighted by Crippen LogP contribution is 2.49. The van der Waals surface area contributed by atoms with E-state index in [0.717, 1.165) is 11.8 Å². The minimum atomic E-state index is -4.34. The number of rotatable bonds is 12. The Morgan fingerprint density at radius 3 is 2.50 bits per heavy atom. The number of aliphatic hydroxyl groups excluding tert-OH is 1. The van der Waals surface area contributed by atoms with E-state index in [1.807, 2.05) is 0 Å². The SMILES string of the molecule is CC(C)OC(=O)[C@H](C)N[P@](=O)(OCCSC(=O)C(C)(C)C)OC[C@H]1O[C@@H](n2cc(F)c(=O)[nH]c2=O)C(Cl)(Cl)[C@@H]1O. The van der Waals surface area contributed by atoms with Gasteiger partial charge in [-0.15, -0.1) is 0 Å². The van der Waals surface area contributed by atoms with Crippen LogP contribution in [0.5, 0.6) is 0 Å². The number of H-pyrrole nitrogens is 1. The molecule has 2 rings (SSSR count). The highest BCUT2D eigenvalue weighted by molar-refractivity contribution is 8.13. The van der Waals surface area contributed by atoms with Crippen molar-refractivity contribution in [3.63, 3.8) is 0 Å². The first kappa shape index (κ1) is 34.9. The second kappa shape index (κ2) is 13.8. The van der Waals surface area contributed by atoms with Gasteiger partial charge in [0.2, 0.25) is 5.82 Å². The number of halogens is 3. The standard InChI is InChI=1S/C22H33Cl2FN3O10PS/c1-11(2)37-17(31)12(3)27-39(34,35-7-8-40-19(32)21(4,5)6)36-10-14-15(29)22(23,24)18(38-14)28-9-13(25)16(30)26-20(28)33/h9,11-12,14-15,18,29H,7-8,10H2,1-6H3,(H,27,34)(H,26,30,33)/t12-,14+,15+,18+,39-/m0/s1. The molecular weight excluding hydrogens is 619 g/mol. The molecule has 1 aliphatic heterocycles. The molecule has 40 heavy (non-hydrogen) atoms. The van der Waals surface area contributed by atoms with Crippen molar-refractivity contribution in [1.29, 1.82) is 0 Å². The number of hydrogen-bond acceptors (Lipinski definition) is 11. The van der Waals surface area contributed by atoms with E-state index >= 15 is 0 Å². The summed E-state index contributed by atoms with van der Waals surface area (Å²) in [6.45, 7) is 8.90. The van der Waals surface area contributed by atoms with Gasteiger partial charge >= 0.3 is 19.4 Å². The molecule has 2 heterocycles. The number of alkyl halides is 2. The molecule has 1 aliphatic rings. The van der Waals surface area contributed by atoms with Crippen molar-refractivity contribution in [3.05, 3.63) is 32.9 Å². The maximum absolute atomic E-state index is 13.8. The Morgan fingerprint density at radius 2 is 1.93 bits per heavy atom. The van der Waals surface area contributed by atoms with E-state index in [-0.39, 0.29) is 17.5 Å². The van der Waals surface area contributed by atoms with Crippen LogP contribution in [0.1, 0.15) is 47.8 Å². The summed E-state index contributed by atoms with van der Waals surface area (Å²) in [5.41, 5.74) is -3.02. The van der Waals surface area contributed by atoms with Gasteiger partial charge in [0.1, 0.15) is 18.2 Å². The molecule has 13 nitrogen and oxygen atoms in total. The van der Waals surface area contributed by atoms with Crippen LogP contribution in [0.2, 0.25) is 0 Å². The maximum Gasteiger partial charge on any atom is 0.406 e. The van der Waals surface area contributed by atoms with Crippen LogP contribution in [-0.4, -0.2) is 73.4 Å². The number of carbonyl (C=O) groups is 2. The molecule has 0 aromatic carbocycles. The third-order valence-corrected chi connectivity index (χ3v) is 8.99. The highest BCUT2D eigenvalue weighted by atomic mass is 35.5. The van der Waals surface area contributed by atoms with Gasteiger partial charge in [-0.05, 0) is 20.8 Å². The topological polar surface area (TPSA) is 175 Å². The number of nitrogens with one attached hydrogen (secondary N) is 2. The van der Waals surface area contributed by atoms with Crippen LogP contribution in [0.15, 0.2) is 15.8 Å². The summed E-state index contributed by atoms with van der Waals surface area (Å²) < 4.78 is 47.2. The number of aromatic amines is 1. The maximum atomic E-state index is 13.8. The van der Waals surface area contributed by atoms with Gasteiger partial charge in [0.05, 0.1) is 25.5 Å². The molecule has 0 unspecified atom stereocenters. The zero-order chi connectivity index (χ0) is 30.6. The molecule has 0 radical (unpaired) electrons. The molecule has 0 amide bonds. The fourth-order valence-electron chi connectivity index (χ4n) is 3.16. The van der Waals surface area contributed by atoms with Gasteiger partial charge in [-0.2, -0.15) is 4.39 Å². The molecule has 1 aromatic rings. The first-order valence-corrected chi connectivity index (χ1v) is 15.3. The van der Waals surface area contributed by atoms with E-state index in [1.165, 1.54) is 6.92 Å². The van der Waals surface area contributed by atoms with Gasteiger partial charge in [-0.25, -0.2) is 14.4 Å². The number of esters is 1. The lowest BCUT2D eigenvalue weighted by atomic mass is 10.00. The third kappa shape index (κ3) is 9.10. The summed E-state index contributed by atoms with van der Waals surface area (Å²) in [7, 11) is -4.34. The van der Waals surface area contributed by atoms with Gasteiger partial charge in [-0.3, -0.25) is 33.0 Å². The van der Waals surface area contributed by atoms with Crippen LogP contribution in [-0.2, 0) is 32.7 Å². The summed E-state index contributed by atoms with van der Waals surface area (Å²) in [5.74, 6) is -1.99. The van der Waals surface area contributed by atoms with Crippen molar-refractivity contribution < 1.29 is 42.2 Å².